The molecule has 1 aromatic carbocycles. The fourth-order valence-corrected chi connectivity index (χ4v) is 4.86. The lowest BCUT2D eigenvalue weighted by Crippen LogP contribution is -2.48. The lowest BCUT2D eigenvalue weighted by atomic mass is 9.68. The monoisotopic (exact) mass is 325 g/mol. The number of carboxylic acid groups (broad SMARTS) is 1. The van der Waals surface area contributed by atoms with Crippen LogP contribution in [0.5, 0.6) is 0 Å². The molecule has 1 heterocycles. The van der Waals surface area contributed by atoms with Crippen LogP contribution in [0.3, 0.4) is 0 Å². The SMILES string of the molecule is C[C@H]1CN(CC[C@H](C(=O)O)C2CC2)CC[C@@]12C=Cc1ccccc12. The number of carbonyl (C=O) groups is 1. The molecular weight excluding hydrogens is 298 g/mol. The first-order chi connectivity index (χ1) is 11.6. The summed E-state index contributed by atoms with van der Waals surface area (Å²) in [6.07, 6.45) is 8.88. The minimum absolute atomic E-state index is 0.122. The Hall–Kier alpha value is -1.61. The van der Waals surface area contributed by atoms with Crippen LogP contribution >= 0.6 is 0 Å². The Bertz CT molecular complexity index is 664. The van der Waals surface area contributed by atoms with Gasteiger partial charge in [-0.1, -0.05) is 43.3 Å². The van der Waals surface area contributed by atoms with Crippen molar-refractivity contribution in [1.82, 2.24) is 4.90 Å². The van der Waals surface area contributed by atoms with Gasteiger partial charge in [-0.25, -0.2) is 0 Å². The molecule has 128 valence electrons. The van der Waals surface area contributed by atoms with E-state index in [0.29, 0.717) is 11.8 Å². The third-order valence-electron chi connectivity index (χ3n) is 6.54. The van der Waals surface area contributed by atoms with Gasteiger partial charge in [0.05, 0.1) is 5.92 Å². The van der Waals surface area contributed by atoms with Crippen LogP contribution in [-0.4, -0.2) is 35.6 Å². The van der Waals surface area contributed by atoms with E-state index in [4.69, 9.17) is 0 Å². The number of hydrogen-bond donors (Lipinski definition) is 1. The normalized spacial score (nSPS) is 30.5. The third-order valence-corrected chi connectivity index (χ3v) is 6.54. The molecule has 1 spiro atoms. The van der Waals surface area contributed by atoms with Crippen molar-refractivity contribution in [2.24, 2.45) is 17.8 Å². The number of aliphatic carboxylic acids is 1. The van der Waals surface area contributed by atoms with Gasteiger partial charge >= 0.3 is 5.97 Å². The molecule has 4 rings (SSSR count). The minimum Gasteiger partial charge on any atom is -0.481 e. The number of allylic oxidation sites excluding steroid dienone is 1. The summed E-state index contributed by atoms with van der Waals surface area (Å²) in [5, 5.41) is 9.41. The van der Waals surface area contributed by atoms with E-state index in [2.05, 4.69) is 48.2 Å². The van der Waals surface area contributed by atoms with E-state index in [0.717, 1.165) is 45.3 Å². The van der Waals surface area contributed by atoms with Crippen molar-refractivity contribution in [2.75, 3.05) is 19.6 Å². The molecule has 0 unspecified atom stereocenters. The number of nitrogens with zero attached hydrogens (tertiary/aromatic N) is 1. The number of hydrogen-bond acceptors (Lipinski definition) is 2. The largest absolute Gasteiger partial charge is 0.481 e. The summed E-state index contributed by atoms with van der Waals surface area (Å²) in [4.78, 5) is 13.9. The summed E-state index contributed by atoms with van der Waals surface area (Å²) < 4.78 is 0. The Morgan fingerprint density at radius 2 is 2.17 bits per heavy atom. The Morgan fingerprint density at radius 1 is 1.38 bits per heavy atom. The molecule has 0 radical (unpaired) electrons. The van der Waals surface area contributed by atoms with Crippen LogP contribution in [0.4, 0.5) is 0 Å². The van der Waals surface area contributed by atoms with Crippen LogP contribution in [0.25, 0.3) is 6.08 Å². The standard InChI is InChI=1S/C21H27NO2/c1-15-14-22(12-9-18(20(23)24)16-6-7-16)13-11-21(15)10-8-17-4-2-3-5-19(17)21/h2-5,8,10,15-16,18H,6-7,9,11-14H2,1H3,(H,23,24)/t15-,18-,21-/m0/s1. The number of benzene rings is 1. The molecule has 3 nitrogen and oxygen atoms in total. The van der Waals surface area contributed by atoms with Gasteiger partial charge in [-0.2, -0.15) is 0 Å². The smallest absolute Gasteiger partial charge is 0.306 e. The van der Waals surface area contributed by atoms with Gasteiger partial charge < -0.3 is 10.0 Å². The number of fused-ring (bicyclic) bond motifs is 2. The van der Waals surface area contributed by atoms with Crippen LogP contribution in [0, 0.1) is 17.8 Å². The maximum Gasteiger partial charge on any atom is 0.306 e. The van der Waals surface area contributed by atoms with Gasteiger partial charge in [0, 0.05) is 12.0 Å². The zero-order chi connectivity index (χ0) is 16.7. The molecule has 0 amide bonds. The fourth-order valence-electron chi connectivity index (χ4n) is 4.86. The molecule has 0 aromatic heterocycles. The Balaban J connectivity index is 1.40. The van der Waals surface area contributed by atoms with Gasteiger partial charge in [-0.15, -0.1) is 0 Å². The lowest BCUT2D eigenvalue weighted by Gasteiger charge is -2.44. The van der Waals surface area contributed by atoms with Crippen LogP contribution in [0.15, 0.2) is 30.3 Å². The van der Waals surface area contributed by atoms with E-state index in [1.165, 1.54) is 11.1 Å². The van der Waals surface area contributed by atoms with Crippen molar-refractivity contribution < 1.29 is 9.90 Å². The Morgan fingerprint density at radius 3 is 2.88 bits per heavy atom. The quantitative estimate of drug-likeness (QED) is 0.895. The first-order valence-corrected chi connectivity index (χ1v) is 9.34. The second-order valence-corrected chi connectivity index (χ2v) is 7.98. The van der Waals surface area contributed by atoms with Crippen LogP contribution in [0.1, 0.15) is 43.7 Å². The highest BCUT2D eigenvalue weighted by molar-refractivity contribution is 5.70. The molecule has 3 heteroatoms. The highest BCUT2D eigenvalue weighted by atomic mass is 16.4. The zero-order valence-corrected chi connectivity index (χ0v) is 14.4. The maximum atomic E-state index is 11.4. The van der Waals surface area contributed by atoms with Crippen LogP contribution < -0.4 is 0 Å². The highest BCUT2D eigenvalue weighted by Gasteiger charge is 2.43. The summed E-state index contributed by atoms with van der Waals surface area (Å²) in [7, 11) is 0. The molecule has 1 N–H and O–H groups in total. The van der Waals surface area contributed by atoms with Crippen LogP contribution in [0.2, 0.25) is 0 Å². The van der Waals surface area contributed by atoms with Gasteiger partial charge in [-0.3, -0.25) is 4.79 Å². The van der Waals surface area contributed by atoms with E-state index in [-0.39, 0.29) is 11.3 Å². The second-order valence-electron chi connectivity index (χ2n) is 7.98. The van der Waals surface area contributed by atoms with Gasteiger partial charge in [0.25, 0.3) is 0 Å². The average molecular weight is 325 g/mol. The summed E-state index contributed by atoms with van der Waals surface area (Å²) in [6.45, 7) is 5.42. The predicted molar refractivity (Wildman–Crippen MR) is 95.8 cm³/mol. The average Bonchev–Trinajstić information content (AvgIpc) is 3.33. The molecule has 3 atom stereocenters. The van der Waals surface area contributed by atoms with Gasteiger partial charge in [0.2, 0.25) is 0 Å². The van der Waals surface area contributed by atoms with Crippen molar-refractivity contribution >= 4 is 12.0 Å². The van der Waals surface area contributed by atoms with Crippen molar-refractivity contribution in [2.45, 2.75) is 38.0 Å². The molecule has 2 aliphatic carbocycles. The van der Waals surface area contributed by atoms with Gasteiger partial charge in [0.15, 0.2) is 0 Å². The Labute approximate surface area is 144 Å². The molecule has 24 heavy (non-hydrogen) atoms. The zero-order valence-electron chi connectivity index (χ0n) is 14.4. The molecule has 1 saturated heterocycles. The number of piperidine rings is 1. The third kappa shape index (κ3) is 2.69. The van der Waals surface area contributed by atoms with E-state index < -0.39 is 5.97 Å². The number of rotatable bonds is 5. The van der Waals surface area contributed by atoms with Crippen molar-refractivity contribution in [3.63, 3.8) is 0 Å². The molecule has 0 bridgehead atoms. The van der Waals surface area contributed by atoms with Crippen molar-refractivity contribution in [1.29, 1.82) is 0 Å². The van der Waals surface area contributed by atoms with Crippen molar-refractivity contribution in [3.8, 4) is 0 Å². The second kappa shape index (κ2) is 6.03. The molecule has 3 aliphatic rings. The molecular formula is C21H27NO2. The number of carboxylic acids is 1. The summed E-state index contributed by atoms with van der Waals surface area (Å²) in [6, 6.07) is 8.77. The maximum absolute atomic E-state index is 11.4. The summed E-state index contributed by atoms with van der Waals surface area (Å²) in [5.74, 6) is 0.297. The van der Waals surface area contributed by atoms with Gasteiger partial charge in [-0.05, 0) is 61.7 Å². The van der Waals surface area contributed by atoms with E-state index in [1.54, 1.807) is 0 Å². The highest BCUT2D eigenvalue weighted by Crippen LogP contribution is 2.47. The summed E-state index contributed by atoms with van der Waals surface area (Å²) in [5.41, 5.74) is 3.05. The molecule has 2 fully saturated rings. The van der Waals surface area contributed by atoms with E-state index in [1.807, 2.05) is 0 Å². The molecule has 1 saturated carbocycles. The molecule has 1 aliphatic heterocycles. The van der Waals surface area contributed by atoms with Gasteiger partial charge in [0.1, 0.15) is 0 Å². The topological polar surface area (TPSA) is 40.5 Å². The first-order valence-electron chi connectivity index (χ1n) is 9.34. The Kier molecular flexibility index (Phi) is 4.00. The first kappa shape index (κ1) is 15.9. The lowest BCUT2D eigenvalue weighted by molar-refractivity contribution is -0.142. The summed E-state index contributed by atoms with van der Waals surface area (Å²) >= 11 is 0. The molecule has 1 aromatic rings. The predicted octanol–water partition coefficient (Wildman–Crippen LogP) is 3.79. The van der Waals surface area contributed by atoms with E-state index >= 15 is 0 Å². The minimum atomic E-state index is -0.591. The van der Waals surface area contributed by atoms with E-state index in [9.17, 15) is 9.90 Å². The van der Waals surface area contributed by atoms with Crippen molar-refractivity contribution in [3.05, 3.63) is 41.5 Å². The van der Waals surface area contributed by atoms with Crippen LogP contribution in [-0.2, 0) is 10.2 Å². The fraction of sp³-hybridized carbons (Fsp3) is 0.571. The number of likely N-dealkylation sites (tertiary alicyclic amines) is 1.